The van der Waals surface area contributed by atoms with Crippen molar-refractivity contribution in [1.29, 1.82) is 0 Å². The lowest BCUT2D eigenvalue weighted by Gasteiger charge is -2.13. The number of phenols is 2. The zero-order valence-corrected chi connectivity index (χ0v) is 20.5. The van der Waals surface area contributed by atoms with Crippen LogP contribution in [0.2, 0.25) is 0 Å². The predicted octanol–water partition coefficient (Wildman–Crippen LogP) is 9.57. The lowest BCUT2D eigenvalue weighted by molar-refractivity contribution is 0.399. The average molecular weight is 439 g/mol. The molecule has 0 saturated heterocycles. The third kappa shape index (κ3) is 10.1. The molecule has 0 radical (unpaired) electrons. The summed E-state index contributed by atoms with van der Waals surface area (Å²) in [5.41, 5.74) is 3.00. The molecule has 2 aromatic carbocycles. The van der Waals surface area contributed by atoms with Crippen LogP contribution in [0.15, 0.2) is 42.5 Å². The second-order valence-electron chi connectivity index (χ2n) is 9.38. The van der Waals surface area contributed by atoms with Crippen LogP contribution in [0.5, 0.6) is 11.5 Å². The zero-order valence-electron chi connectivity index (χ0n) is 20.5. The molecule has 0 atom stereocenters. The van der Waals surface area contributed by atoms with Gasteiger partial charge in [0.05, 0.1) is 0 Å². The summed E-state index contributed by atoms with van der Waals surface area (Å²) >= 11 is 0. The van der Waals surface area contributed by atoms with Crippen molar-refractivity contribution in [3.05, 3.63) is 48.0 Å². The highest BCUT2D eigenvalue weighted by Crippen LogP contribution is 2.37. The van der Waals surface area contributed by atoms with Crippen LogP contribution in [0, 0.1) is 0 Å². The van der Waals surface area contributed by atoms with Crippen molar-refractivity contribution in [3.63, 3.8) is 0 Å². The second kappa shape index (κ2) is 16.6. The third-order valence-electron chi connectivity index (χ3n) is 6.63. The van der Waals surface area contributed by atoms with Crippen molar-refractivity contribution >= 4 is 0 Å². The van der Waals surface area contributed by atoms with Gasteiger partial charge in [0.1, 0.15) is 0 Å². The van der Waals surface area contributed by atoms with Gasteiger partial charge in [0.2, 0.25) is 0 Å². The molecule has 32 heavy (non-hydrogen) atoms. The number of aromatic hydroxyl groups is 2. The van der Waals surface area contributed by atoms with Crippen molar-refractivity contribution in [2.75, 3.05) is 0 Å². The summed E-state index contributed by atoms with van der Waals surface area (Å²) < 4.78 is 0. The van der Waals surface area contributed by atoms with Crippen LogP contribution in [0.3, 0.4) is 0 Å². The van der Waals surface area contributed by atoms with E-state index in [0.717, 1.165) is 29.5 Å². The molecule has 178 valence electrons. The smallest absolute Gasteiger partial charge is 0.161 e. The van der Waals surface area contributed by atoms with Gasteiger partial charge in [-0.3, -0.25) is 0 Å². The molecule has 0 aromatic heterocycles. The van der Waals surface area contributed by atoms with Gasteiger partial charge in [-0.15, -0.1) is 0 Å². The van der Waals surface area contributed by atoms with Gasteiger partial charge < -0.3 is 10.2 Å². The summed E-state index contributed by atoms with van der Waals surface area (Å²) in [7, 11) is 0. The molecule has 0 aliphatic rings. The zero-order chi connectivity index (χ0) is 22.9. The fourth-order valence-corrected chi connectivity index (χ4v) is 4.62. The van der Waals surface area contributed by atoms with Crippen molar-refractivity contribution in [2.45, 2.75) is 116 Å². The van der Waals surface area contributed by atoms with E-state index in [1.807, 2.05) is 24.3 Å². The molecule has 0 bridgehead atoms. The molecule has 0 amide bonds. The maximum absolute atomic E-state index is 10.4. The van der Waals surface area contributed by atoms with E-state index >= 15 is 0 Å². The van der Waals surface area contributed by atoms with Gasteiger partial charge in [-0.05, 0) is 30.0 Å². The lowest BCUT2D eigenvalue weighted by Crippen LogP contribution is -1.93. The Morgan fingerprint density at radius 2 is 1.00 bits per heavy atom. The Labute approximate surface area is 197 Å². The standard InChI is InChI=1S/C30H46O2/c1-2-3-4-5-6-7-8-9-10-11-12-13-14-15-16-20-23-28-27(24-25-29(31)30(28)32)26-21-18-17-19-22-26/h17-19,21-22,24-25,31-32H,2-16,20,23H2,1H3. The average Bonchev–Trinajstić information content (AvgIpc) is 2.82. The van der Waals surface area contributed by atoms with Gasteiger partial charge in [-0.1, -0.05) is 140 Å². The Morgan fingerprint density at radius 3 is 1.50 bits per heavy atom. The van der Waals surface area contributed by atoms with Gasteiger partial charge in [-0.2, -0.15) is 0 Å². The molecule has 0 aliphatic heterocycles. The lowest BCUT2D eigenvalue weighted by atomic mass is 9.94. The van der Waals surface area contributed by atoms with Crippen LogP contribution in [0.1, 0.15) is 115 Å². The predicted molar refractivity (Wildman–Crippen MR) is 138 cm³/mol. The number of hydrogen-bond acceptors (Lipinski definition) is 2. The van der Waals surface area contributed by atoms with Crippen molar-refractivity contribution < 1.29 is 10.2 Å². The van der Waals surface area contributed by atoms with Gasteiger partial charge in [0, 0.05) is 5.56 Å². The Bertz CT molecular complexity index is 723. The number of hydrogen-bond donors (Lipinski definition) is 2. The first kappa shape index (κ1) is 26.3. The topological polar surface area (TPSA) is 40.5 Å². The fraction of sp³-hybridized carbons (Fsp3) is 0.600. The normalized spacial score (nSPS) is 11.2. The molecule has 0 fully saturated rings. The maximum atomic E-state index is 10.4. The maximum Gasteiger partial charge on any atom is 0.161 e. The Balaban J connectivity index is 1.53. The van der Waals surface area contributed by atoms with Crippen molar-refractivity contribution in [2.24, 2.45) is 0 Å². The Morgan fingerprint density at radius 1 is 0.531 bits per heavy atom. The fourth-order valence-electron chi connectivity index (χ4n) is 4.62. The van der Waals surface area contributed by atoms with Crippen LogP contribution in [0.4, 0.5) is 0 Å². The number of phenolic OH excluding ortho intramolecular Hbond substituents is 2. The SMILES string of the molecule is CCCCCCCCCCCCCCCCCCc1c(-c2ccccc2)ccc(O)c1O. The minimum Gasteiger partial charge on any atom is -0.504 e. The van der Waals surface area contributed by atoms with Gasteiger partial charge >= 0.3 is 0 Å². The molecule has 2 aromatic rings. The highest BCUT2D eigenvalue weighted by Gasteiger charge is 2.13. The Kier molecular flexibility index (Phi) is 13.7. The van der Waals surface area contributed by atoms with Crippen molar-refractivity contribution in [3.8, 4) is 22.6 Å². The van der Waals surface area contributed by atoms with Crippen molar-refractivity contribution in [1.82, 2.24) is 0 Å². The summed E-state index contributed by atoms with van der Waals surface area (Å²) in [5, 5.41) is 20.4. The molecule has 0 saturated carbocycles. The van der Waals surface area contributed by atoms with Crippen LogP contribution in [0.25, 0.3) is 11.1 Å². The van der Waals surface area contributed by atoms with Crippen LogP contribution < -0.4 is 0 Å². The minimum absolute atomic E-state index is 0.0174. The van der Waals surface area contributed by atoms with E-state index in [0.29, 0.717) is 0 Å². The van der Waals surface area contributed by atoms with Gasteiger partial charge in [0.15, 0.2) is 11.5 Å². The van der Waals surface area contributed by atoms with Crippen LogP contribution in [-0.4, -0.2) is 10.2 Å². The monoisotopic (exact) mass is 438 g/mol. The molecule has 2 heteroatoms. The first-order valence-corrected chi connectivity index (χ1v) is 13.3. The molecule has 2 N–H and O–H groups in total. The summed E-state index contributed by atoms with van der Waals surface area (Å²) in [6, 6.07) is 13.7. The molecule has 0 unspecified atom stereocenters. The quantitative estimate of drug-likeness (QED) is 0.180. The first-order valence-electron chi connectivity index (χ1n) is 13.3. The number of rotatable bonds is 18. The molecular weight excluding hydrogens is 392 g/mol. The largest absolute Gasteiger partial charge is 0.504 e. The third-order valence-corrected chi connectivity index (χ3v) is 6.63. The van der Waals surface area contributed by atoms with E-state index in [-0.39, 0.29) is 11.5 Å². The molecule has 0 aliphatic carbocycles. The molecule has 2 rings (SSSR count). The molecule has 0 spiro atoms. The van der Waals surface area contributed by atoms with Crippen LogP contribution >= 0.6 is 0 Å². The summed E-state index contributed by atoms with van der Waals surface area (Å²) in [6.45, 7) is 2.28. The second-order valence-corrected chi connectivity index (χ2v) is 9.38. The summed E-state index contributed by atoms with van der Waals surface area (Å²) in [5.74, 6) is 0.0310. The molecule has 0 heterocycles. The first-order chi connectivity index (χ1) is 15.7. The highest BCUT2D eigenvalue weighted by molar-refractivity contribution is 5.72. The van der Waals surface area contributed by atoms with Gasteiger partial charge in [0.25, 0.3) is 0 Å². The number of benzene rings is 2. The minimum atomic E-state index is -0.0174. The molecule has 2 nitrogen and oxygen atoms in total. The van der Waals surface area contributed by atoms with E-state index in [2.05, 4.69) is 19.1 Å². The summed E-state index contributed by atoms with van der Waals surface area (Å²) in [6.07, 6.45) is 22.5. The van der Waals surface area contributed by atoms with E-state index < -0.39 is 0 Å². The van der Waals surface area contributed by atoms with E-state index in [9.17, 15) is 10.2 Å². The highest BCUT2D eigenvalue weighted by atomic mass is 16.3. The van der Waals surface area contributed by atoms with E-state index in [1.54, 1.807) is 6.07 Å². The Hall–Kier alpha value is -1.96. The summed E-state index contributed by atoms with van der Waals surface area (Å²) in [4.78, 5) is 0. The van der Waals surface area contributed by atoms with E-state index in [4.69, 9.17) is 0 Å². The van der Waals surface area contributed by atoms with Gasteiger partial charge in [-0.25, -0.2) is 0 Å². The molecular formula is C30H46O2. The van der Waals surface area contributed by atoms with Crippen LogP contribution in [-0.2, 0) is 6.42 Å². The number of unbranched alkanes of at least 4 members (excludes halogenated alkanes) is 15. The van der Waals surface area contributed by atoms with E-state index in [1.165, 1.54) is 96.3 Å².